The van der Waals surface area contributed by atoms with Crippen molar-refractivity contribution in [3.8, 4) is 0 Å². The van der Waals surface area contributed by atoms with E-state index in [1.807, 2.05) is 6.92 Å². The van der Waals surface area contributed by atoms with Gasteiger partial charge in [0.2, 0.25) is 0 Å². The third kappa shape index (κ3) is 1.74. The molecule has 3 heteroatoms. The van der Waals surface area contributed by atoms with E-state index in [0.29, 0.717) is 11.6 Å². The van der Waals surface area contributed by atoms with Crippen LogP contribution in [0.3, 0.4) is 0 Å². The molecule has 1 fully saturated rings. The number of carbonyl (C=O) groups is 1. The molecule has 0 aliphatic heterocycles. The largest absolute Gasteiger partial charge is 0.292 e. The van der Waals surface area contributed by atoms with Crippen LogP contribution in [0.5, 0.6) is 0 Å². The Balaban J connectivity index is 2.12. The summed E-state index contributed by atoms with van der Waals surface area (Å²) in [6.07, 6.45) is 7.06. The number of nitrogens with zero attached hydrogens (tertiary/aromatic N) is 2. The zero-order chi connectivity index (χ0) is 9.26. The number of aromatic nitrogens is 2. The quantitative estimate of drug-likeness (QED) is 0.658. The molecular weight excluding hydrogens is 164 g/mol. The number of ketones is 1. The fourth-order valence-electron chi connectivity index (χ4n) is 1.47. The van der Waals surface area contributed by atoms with E-state index in [4.69, 9.17) is 0 Å². The van der Waals surface area contributed by atoms with Gasteiger partial charge in [-0.05, 0) is 18.8 Å². The average molecular weight is 176 g/mol. The summed E-state index contributed by atoms with van der Waals surface area (Å²) < 4.78 is 0. The van der Waals surface area contributed by atoms with Gasteiger partial charge in [-0.15, -0.1) is 0 Å². The molecule has 1 atom stereocenters. The second-order valence-corrected chi connectivity index (χ2v) is 3.58. The molecule has 3 nitrogen and oxygen atoms in total. The second kappa shape index (κ2) is 3.24. The monoisotopic (exact) mass is 176 g/mol. The van der Waals surface area contributed by atoms with Gasteiger partial charge in [0.15, 0.2) is 5.78 Å². The Morgan fingerprint density at radius 1 is 1.54 bits per heavy atom. The Kier molecular flexibility index (Phi) is 2.08. The van der Waals surface area contributed by atoms with Crippen LogP contribution in [-0.4, -0.2) is 15.8 Å². The highest BCUT2D eigenvalue weighted by Gasteiger charge is 2.33. The fourth-order valence-corrected chi connectivity index (χ4v) is 1.47. The summed E-state index contributed by atoms with van der Waals surface area (Å²) in [5.41, 5.74) is 0.502. The molecule has 1 heterocycles. The molecule has 0 saturated heterocycles. The molecule has 1 aliphatic carbocycles. The summed E-state index contributed by atoms with van der Waals surface area (Å²) in [5.74, 6) is 0.849. The minimum absolute atomic E-state index is 0.122. The van der Waals surface area contributed by atoms with Crippen LogP contribution < -0.4 is 0 Å². The summed E-state index contributed by atoms with van der Waals surface area (Å²) in [7, 11) is 0. The van der Waals surface area contributed by atoms with Crippen molar-refractivity contribution in [2.45, 2.75) is 19.8 Å². The van der Waals surface area contributed by atoms with E-state index >= 15 is 0 Å². The molecular formula is C10H12N2O. The Labute approximate surface area is 77.2 Å². The number of carbonyl (C=O) groups excluding carboxylic acids is 1. The van der Waals surface area contributed by atoms with E-state index in [1.165, 1.54) is 12.8 Å². The molecule has 1 unspecified atom stereocenters. The van der Waals surface area contributed by atoms with Crippen molar-refractivity contribution >= 4 is 5.78 Å². The van der Waals surface area contributed by atoms with Gasteiger partial charge in [0, 0.05) is 18.3 Å². The Morgan fingerprint density at radius 3 is 2.85 bits per heavy atom. The molecule has 0 aromatic carbocycles. The molecule has 1 aromatic heterocycles. The van der Waals surface area contributed by atoms with Crippen LogP contribution in [-0.2, 0) is 0 Å². The first kappa shape index (κ1) is 8.35. The first-order chi connectivity index (χ1) is 6.29. The van der Waals surface area contributed by atoms with Crippen LogP contribution in [0.1, 0.15) is 30.3 Å². The molecule has 0 spiro atoms. The standard InChI is InChI=1S/C10H12N2O/c1-7(8-2-3-8)10(13)9-6-11-4-5-12-9/h4-8H,2-3H2,1H3. The Bertz CT molecular complexity index is 306. The first-order valence-electron chi connectivity index (χ1n) is 4.59. The summed E-state index contributed by atoms with van der Waals surface area (Å²) in [6.45, 7) is 1.98. The van der Waals surface area contributed by atoms with Gasteiger partial charge in [0.05, 0.1) is 6.20 Å². The number of rotatable bonds is 3. The highest BCUT2D eigenvalue weighted by molar-refractivity contribution is 5.95. The number of hydrogen-bond donors (Lipinski definition) is 0. The van der Waals surface area contributed by atoms with Crippen LogP contribution in [0, 0.1) is 11.8 Å². The summed E-state index contributed by atoms with van der Waals surface area (Å²) in [6, 6.07) is 0. The van der Waals surface area contributed by atoms with Crippen molar-refractivity contribution in [2.24, 2.45) is 11.8 Å². The van der Waals surface area contributed by atoms with Crippen LogP contribution in [0.2, 0.25) is 0 Å². The molecule has 1 aliphatic rings. The Hall–Kier alpha value is -1.25. The molecule has 68 valence electrons. The van der Waals surface area contributed by atoms with E-state index < -0.39 is 0 Å². The van der Waals surface area contributed by atoms with E-state index in [1.54, 1.807) is 18.6 Å². The zero-order valence-electron chi connectivity index (χ0n) is 7.60. The van der Waals surface area contributed by atoms with Crippen molar-refractivity contribution in [1.29, 1.82) is 0 Å². The molecule has 1 aromatic rings. The maximum atomic E-state index is 11.7. The Morgan fingerprint density at radius 2 is 2.31 bits per heavy atom. The smallest absolute Gasteiger partial charge is 0.185 e. The summed E-state index contributed by atoms with van der Waals surface area (Å²) in [5, 5.41) is 0. The summed E-state index contributed by atoms with van der Waals surface area (Å²) in [4.78, 5) is 19.6. The van der Waals surface area contributed by atoms with Gasteiger partial charge in [0.25, 0.3) is 0 Å². The van der Waals surface area contributed by atoms with Crippen LogP contribution >= 0.6 is 0 Å². The maximum absolute atomic E-state index is 11.7. The number of Topliss-reactive ketones (excluding diaryl/α,β-unsaturated/α-hetero) is 1. The lowest BCUT2D eigenvalue weighted by molar-refractivity contribution is 0.0910. The van der Waals surface area contributed by atoms with Gasteiger partial charge in [-0.1, -0.05) is 6.92 Å². The van der Waals surface area contributed by atoms with Gasteiger partial charge in [-0.2, -0.15) is 0 Å². The van der Waals surface area contributed by atoms with Crippen LogP contribution in [0.15, 0.2) is 18.6 Å². The second-order valence-electron chi connectivity index (χ2n) is 3.58. The third-order valence-electron chi connectivity index (χ3n) is 2.56. The molecule has 1 saturated carbocycles. The lowest BCUT2D eigenvalue weighted by Gasteiger charge is -2.06. The van der Waals surface area contributed by atoms with Crippen molar-refractivity contribution in [2.75, 3.05) is 0 Å². The van der Waals surface area contributed by atoms with Gasteiger partial charge >= 0.3 is 0 Å². The molecule has 0 amide bonds. The lowest BCUT2D eigenvalue weighted by Crippen LogP contribution is -2.14. The minimum atomic E-state index is 0.122. The van der Waals surface area contributed by atoms with E-state index in [2.05, 4.69) is 9.97 Å². The topological polar surface area (TPSA) is 42.9 Å². The van der Waals surface area contributed by atoms with Gasteiger partial charge in [-0.25, -0.2) is 4.98 Å². The van der Waals surface area contributed by atoms with Gasteiger partial charge in [-0.3, -0.25) is 9.78 Å². The van der Waals surface area contributed by atoms with Crippen LogP contribution in [0.25, 0.3) is 0 Å². The van der Waals surface area contributed by atoms with E-state index in [9.17, 15) is 4.79 Å². The minimum Gasteiger partial charge on any atom is -0.292 e. The molecule has 13 heavy (non-hydrogen) atoms. The predicted octanol–water partition coefficient (Wildman–Crippen LogP) is 1.71. The zero-order valence-corrected chi connectivity index (χ0v) is 7.60. The highest BCUT2D eigenvalue weighted by atomic mass is 16.1. The van der Waals surface area contributed by atoms with Crippen molar-refractivity contribution < 1.29 is 4.79 Å². The highest BCUT2D eigenvalue weighted by Crippen LogP contribution is 2.37. The lowest BCUT2D eigenvalue weighted by atomic mass is 9.99. The van der Waals surface area contributed by atoms with Crippen LogP contribution in [0.4, 0.5) is 0 Å². The third-order valence-corrected chi connectivity index (χ3v) is 2.56. The maximum Gasteiger partial charge on any atom is 0.185 e. The van der Waals surface area contributed by atoms with E-state index in [0.717, 1.165) is 0 Å². The molecule has 2 rings (SSSR count). The molecule has 0 bridgehead atoms. The van der Waals surface area contributed by atoms with Crippen molar-refractivity contribution in [3.63, 3.8) is 0 Å². The average Bonchev–Trinajstić information content (AvgIpc) is 3.00. The van der Waals surface area contributed by atoms with Crippen molar-refractivity contribution in [3.05, 3.63) is 24.3 Å². The fraction of sp³-hybridized carbons (Fsp3) is 0.500. The predicted molar refractivity (Wildman–Crippen MR) is 48.3 cm³/mol. The first-order valence-corrected chi connectivity index (χ1v) is 4.59. The van der Waals surface area contributed by atoms with E-state index in [-0.39, 0.29) is 11.7 Å². The van der Waals surface area contributed by atoms with Crippen molar-refractivity contribution in [1.82, 2.24) is 9.97 Å². The number of hydrogen-bond acceptors (Lipinski definition) is 3. The van der Waals surface area contributed by atoms with Gasteiger partial charge in [0.1, 0.15) is 5.69 Å². The SMILES string of the molecule is CC(C(=O)c1cnccn1)C1CC1. The normalized spacial score (nSPS) is 18.2. The summed E-state index contributed by atoms with van der Waals surface area (Å²) >= 11 is 0. The van der Waals surface area contributed by atoms with Gasteiger partial charge < -0.3 is 0 Å². The molecule has 0 radical (unpaired) electrons. The molecule has 0 N–H and O–H groups in total.